The monoisotopic (exact) mass is 367 g/mol. The van der Waals surface area contributed by atoms with Crippen molar-refractivity contribution in [3.8, 4) is 0 Å². The molecule has 0 heterocycles. The van der Waals surface area contributed by atoms with Crippen molar-refractivity contribution in [1.82, 2.24) is 4.90 Å². The SMILES string of the molecule is CN(Cc1ccccc1F)C(=O)COC(=O)Cc1c(F)cccc1Cl. The van der Waals surface area contributed by atoms with Gasteiger partial charge >= 0.3 is 5.97 Å². The summed E-state index contributed by atoms with van der Waals surface area (Å²) in [5.74, 6) is -2.32. The molecule has 2 rings (SSSR count). The van der Waals surface area contributed by atoms with Crippen LogP contribution in [-0.4, -0.2) is 30.4 Å². The first-order chi connectivity index (χ1) is 11.9. The third-order valence-corrected chi connectivity index (χ3v) is 3.88. The van der Waals surface area contributed by atoms with Gasteiger partial charge in [0.05, 0.1) is 6.42 Å². The summed E-state index contributed by atoms with van der Waals surface area (Å²) >= 11 is 5.83. The van der Waals surface area contributed by atoms with Gasteiger partial charge in [0.2, 0.25) is 0 Å². The second kappa shape index (κ2) is 8.58. The Kier molecular flexibility index (Phi) is 6.47. The van der Waals surface area contributed by atoms with Gasteiger partial charge in [-0.25, -0.2) is 8.78 Å². The van der Waals surface area contributed by atoms with Crippen molar-refractivity contribution in [2.24, 2.45) is 0 Å². The highest BCUT2D eigenvalue weighted by Gasteiger charge is 2.16. The predicted octanol–water partition coefficient (Wildman–Crippen LogP) is 3.36. The topological polar surface area (TPSA) is 46.6 Å². The number of hydrogen-bond donors (Lipinski definition) is 0. The molecule has 0 radical (unpaired) electrons. The lowest BCUT2D eigenvalue weighted by atomic mass is 10.1. The minimum atomic E-state index is -0.778. The van der Waals surface area contributed by atoms with Gasteiger partial charge in [0.1, 0.15) is 11.6 Å². The van der Waals surface area contributed by atoms with Crippen LogP contribution >= 0.6 is 11.6 Å². The highest BCUT2D eigenvalue weighted by Crippen LogP contribution is 2.19. The van der Waals surface area contributed by atoms with Crippen LogP contribution in [0, 0.1) is 11.6 Å². The summed E-state index contributed by atoms with van der Waals surface area (Å²) in [6.45, 7) is -0.474. The first kappa shape index (κ1) is 18.9. The Labute approximate surface area is 149 Å². The lowest BCUT2D eigenvalue weighted by molar-refractivity contribution is -0.151. The molecule has 25 heavy (non-hydrogen) atoms. The van der Waals surface area contributed by atoms with Crippen LogP contribution in [0.3, 0.4) is 0 Å². The molecule has 2 aromatic rings. The van der Waals surface area contributed by atoms with Crippen LogP contribution in [0.2, 0.25) is 5.02 Å². The predicted molar refractivity (Wildman–Crippen MR) is 88.9 cm³/mol. The molecule has 0 aromatic heterocycles. The van der Waals surface area contributed by atoms with Crippen LogP contribution in [-0.2, 0) is 27.3 Å². The van der Waals surface area contributed by atoms with Gasteiger partial charge < -0.3 is 9.64 Å². The van der Waals surface area contributed by atoms with Gasteiger partial charge in [0, 0.05) is 29.7 Å². The number of benzene rings is 2. The zero-order chi connectivity index (χ0) is 18.4. The number of halogens is 3. The Morgan fingerprint density at radius 3 is 2.44 bits per heavy atom. The van der Waals surface area contributed by atoms with E-state index in [2.05, 4.69) is 0 Å². The number of ether oxygens (including phenoxy) is 1. The molecule has 0 bridgehead atoms. The summed E-state index contributed by atoms with van der Waals surface area (Å²) in [7, 11) is 1.47. The molecular formula is C18H16ClF2NO3. The third-order valence-electron chi connectivity index (χ3n) is 3.53. The van der Waals surface area contributed by atoms with Crippen molar-refractivity contribution in [2.75, 3.05) is 13.7 Å². The van der Waals surface area contributed by atoms with E-state index in [-0.39, 0.29) is 23.6 Å². The van der Waals surface area contributed by atoms with Gasteiger partial charge in [-0.2, -0.15) is 0 Å². The lowest BCUT2D eigenvalue weighted by Crippen LogP contribution is -2.31. The average molecular weight is 368 g/mol. The minimum absolute atomic E-state index is 0.0151. The van der Waals surface area contributed by atoms with Gasteiger partial charge in [0.15, 0.2) is 6.61 Å². The van der Waals surface area contributed by atoms with E-state index in [9.17, 15) is 18.4 Å². The van der Waals surface area contributed by atoms with Crippen LogP contribution in [0.5, 0.6) is 0 Å². The maximum atomic E-state index is 13.6. The van der Waals surface area contributed by atoms with Crippen LogP contribution in [0.1, 0.15) is 11.1 Å². The normalized spacial score (nSPS) is 10.4. The molecule has 132 valence electrons. The Hall–Kier alpha value is -2.47. The smallest absolute Gasteiger partial charge is 0.310 e. The van der Waals surface area contributed by atoms with Gasteiger partial charge in [-0.15, -0.1) is 0 Å². The fourth-order valence-corrected chi connectivity index (χ4v) is 2.35. The molecule has 0 aliphatic heterocycles. The Balaban J connectivity index is 1.87. The van der Waals surface area contributed by atoms with Crippen LogP contribution in [0.25, 0.3) is 0 Å². The van der Waals surface area contributed by atoms with Gasteiger partial charge in [-0.05, 0) is 18.2 Å². The number of likely N-dealkylation sites (N-methyl/N-ethyl adjacent to an activating group) is 1. The maximum Gasteiger partial charge on any atom is 0.310 e. The summed E-state index contributed by atoms with van der Waals surface area (Å²) in [6.07, 6.45) is -0.379. The molecular weight excluding hydrogens is 352 g/mol. The van der Waals surface area contributed by atoms with Crippen molar-refractivity contribution in [3.05, 3.63) is 70.2 Å². The molecule has 0 saturated carbocycles. The quantitative estimate of drug-likeness (QED) is 0.735. The molecule has 0 fully saturated rings. The van der Waals surface area contributed by atoms with Crippen LogP contribution in [0.15, 0.2) is 42.5 Å². The van der Waals surface area contributed by atoms with Crippen molar-refractivity contribution in [2.45, 2.75) is 13.0 Å². The number of esters is 1. The molecule has 0 aliphatic carbocycles. The molecule has 0 N–H and O–H groups in total. The Morgan fingerprint density at radius 1 is 1.08 bits per heavy atom. The van der Waals surface area contributed by atoms with E-state index in [1.165, 1.54) is 36.2 Å². The van der Waals surface area contributed by atoms with Crippen molar-refractivity contribution in [1.29, 1.82) is 0 Å². The number of carbonyl (C=O) groups excluding carboxylic acids is 2. The highest BCUT2D eigenvalue weighted by molar-refractivity contribution is 6.31. The summed E-state index contributed by atoms with van der Waals surface area (Å²) < 4.78 is 32.0. The molecule has 7 heteroatoms. The molecule has 0 unspecified atom stereocenters. The maximum absolute atomic E-state index is 13.6. The van der Waals surface area contributed by atoms with Crippen molar-refractivity contribution >= 4 is 23.5 Å². The average Bonchev–Trinajstić information content (AvgIpc) is 2.58. The van der Waals surface area contributed by atoms with E-state index in [1.807, 2.05) is 0 Å². The Bertz CT molecular complexity index is 762. The summed E-state index contributed by atoms with van der Waals surface area (Å²) in [4.78, 5) is 25.0. The summed E-state index contributed by atoms with van der Waals surface area (Å²) in [6, 6.07) is 10.1. The van der Waals surface area contributed by atoms with E-state index < -0.39 is 30.1 Å². The third kappa shape index (κ3) is 5.26. The lowest BCUT2D eigenvalue weighted by Gasteiger charge is -2.17. The first-order valence-electron chi connectivity index (χ1n) is 7.44. The Morgan fingerprint density at radius 2 is 1.76 bits per heavy atom. The molecule has 1 amide bonds. The number of nitrogens with zero attached hydrogens (tertiary/aromatic N) is 1. The number of carbonyl (C=O) groups is 2. The zero-order valence-electron chi connectivity index (χ0n) is 13.5. The van der Waals surface area contributed by atoms with Crippen LogP contribution in [0.4, 0.5) is 8.78 Å². The molecule has 0 atom stereocenters. The first-order valence-corrected chi connectivity index (χ1v) is 7.82. The number of amides is 1. The number of hydrogen-bond acceptors (Lipinski definition) is 3. The highest BCUT2D eigenvalue weighted by atomic mass is 35.5. The second-order valence-corrected chi connectivity index (χ2v) is 5.79. The van der Waals surface area contributed by atoms with Crippen molar-refractivity contribution in [3.63, 3.8) is 0 Å². The fraction of sp³-hybridized carbons (Fsp3) is 0.222. The van der Waals surface area contributed by atoms with E-state index >= 15 is 0 Å². The molecule has 2 aromatic carbocycles. The fourth-order valence-electron chi connectivity index (χ4n) is 2.12. The van der Waals surface area contributed by atoms with E-state index in [1.54, 1.807) is 18.2 Å². The largest absolute Gasteiger partial charge is 0.455 e. The van der Waals surface area contributed by atoms with Crippen LogP contribution < -0.4 is 0 Å². The molecule has 0 aliphatic rings. The molecule has 0 spiro atoms. The second-order valence-electron chi connectivity index (χ2n) is 5.38. The van der Waals surface area contributed by atoms with E-state index in [0.29, 0.717) is 5.56 Å². The zero-order valence-corrected chi connectivity index (χ0v) is 14.2. The molecule has 4 nitrogen and oxygen atoms in total. The van der Waals surface area contributed by atoms with Gasteiger partial charge in [-0.1, -0.05) is 35.9 Å². The number of rotatable bonds is 6. The van der Waals surface area contributed by atoms with Crippen molar-refractivity contribution < 1.29 is 23.1 Å². The molecule has 0 saturated heterocycles. The standard InChI is InChI=1S/C18H16ClF2NO3/c1-22(10-12-5-2-3-7-15(12)20)17(23)11-25-18(24)9-13-14(19)6-4-8-16(13)21/h2-8H,9-11H2,1H3. The summed E-state index contributed by atoms with van der Waals surface area (Å²) in [5.41, 5.74) is 0.365. The van der Waals surface area contributed by atoms with E-state index in [0.717, 1.165) is 0 Å². The summed E-state index contributed by atoms with van der Waals surface area (Å²) in [5, 5.41) is 0.111. The minimum Gasteiger partial charge on any atom is -0.455 e. The van der Waals surface area contributed by atoms with Gasteiger partial charge in [-0.3, -0.25) is 9.59 Å². The van der Waals surface area contributed by atoms with Gasteiger partial charge in [0.25, 0.3) is 5.91 Å². The van der Waals surface area contributed by atoms with E-state index in [4.69, 9.17) is 16.3 Å².